The van der Waals surface area contributed by atoms with Gasteiger partial charge in [0.05, 0.1) is 0 Å². The topological polar surface area (TPSA) is 32.3 Å². The molecular formula is C18H28N2O. The van der Waals surface area contributed by atoms with Crippen LogP contribution in [0.1, 0.15) is 64.5 Å². The minimum atomic E-state index is 0.0733. The Morgan fingerprint density at radius 2 is 2.05 bits per heavy atom. The normalized spacial score (nSPS) is 20.1. The molecule has 116 valence electrons. The molecule has 1 atom stereocenters. The van der Waals surface area contributed by atoms with Crippen LogP contribution in [0.5, 0.6) is 0 Å². The first-order chi connectivity index (χ1) is 9.80. The second kappa shape index (κ2) is 5.70. The third-order valence-corrected chi connectivity index (χ3v) is 4.64. The minimum Gasteiger partial charge on any atom is -0.366 e. The van der Waals surface area contributed by atoms with Gasteiger partial charge in [-0.3, -0.25) is 4.79 Å². The molecule has 0 fully saturated rings. The molecule has 1 N–H and O–H groups in total. The van der Waals surface area contributed by atoms with E-state index in [-0.39, 0.29) is 11.4 Å². The van der Waals surface area contributed by atoms with Crippen molar-refractivity contribution in [2.24, 2.45) is 0 Å². The third-order valence-electron chi connectivity index (χ3n) is 4.64. The molecule has 1 amide bonds. The van der Waals surface area contributed by atoms with E-state index in [0.717, 1.165) is 24.2 Å². The molecule has 0 aromatic heterocycles. The van der Waals surface area contributed by atoms with Crippen molar-refractivity contribution in [3.8, 4) is 0 Å². The van der Waals surface area contributed by atoms with Crippen LogP contribution >= 0.6 is 0 Å². The van der Waals surface area contributed by atoms with Crippen molar-refractivity contribution >= 4 is 17.3 Å². The van der Waals surface area contributed by atoms with E-state index in [9.17, 15) is 4.79 Å². The zero-order chi connectivity index (χ0) is 15.8. The molecule has 0 saturated heterocycles. The van der Waals surface area contributed by atoms with Crippen molar-refractivity contribution in [2.75, 3.05) is 16.8 Å². The molecule has 1 unspecified atom stereocenters. The van der Waals surface area contributed by atoms with E-state index in [4.69, 9.17) is 0 Å². The monoisotopic (exact) mass is 288 g/mol. The van der Waals surface area contributed by atoms with E-state index in [1.165, 1.54) is 11.3 Å². The smallest absolute Gasteiger partial charge is 0.224 e. The van der Waals surface area contributed by atoms with Gasteiger partial charge in [0, 0.05) is 29.9 Å². The van der Waals surface area contributed by atoms with E-state index < -0.39 is 0 Å². The lowest BCUT2D eigenvalue weighted by molar-refractivity contribution is -0.115. The molecule has 1 heterocycles. The number of nitrogens with zero attached hydrogens (tertiary/aromatic N) is 1. The highest BCUT2D eigenvalue weighted by molar-refractivity contribution is 5.92. The first kappa shape index (κ1) is 15.9. The van der Waals surface area contributed by atoms with E-state index >= 15 is 0 Å². The summed E-state index contributed by atoms with van der Waals surface area (Å²) >= 11 is 0. The van der Waals surface area contributed by atoms with Crippen LogP contribution in [0.4, 0.5) is 11.4 Å². The van der Waals surface area contributed by atoms with Gasteiger partial charge in [-0.05, 0) is 57.2 Å². The van der Waals surface area contributed by atoms with Gasteiger partial charge < -0.3 is 10.2 Å². The first-order valence-electron chi connectivity index (χ1n) is 8.02. The number of aryl methyl sites for hydroxylation is 1. The van der Waals surface area contributed by atoms with Gasteiger partial charge in [-0.1, -0.05) is 19.9 Å². The van der Waals surface area contributed by atoms with E-state index in [1.807, 2.05) is 6.92 Å². The van der Waals surface area contributed by atoms with Gasteiger partial charge in [-0.15, -0.1) is 0 Å². The SMILES string of the molecule is CCC(=O)Nc1cc2c(cc1C)C(C)CC(C)(C)N2CC. The first-order valence-corrected chi connectivity index (χ1v) is 8.02. The van der Waals surface area contributed by atoms with Gasteiger partial charge in [0.1, 0.15) is 0 Å². The van der Waals surface area contributed by atoms with Gasteiger partial charge in [0.2, 0.25) is 5.91 Å². The molecule has 3 heteroatoms. The number of carbonyl (C=O) groups excluding carboxylic acids is 1. The fraction of sp³-hybridized carbons (Fsp3) is 0.611. The number of carbonyl (C=O) groups is 1. The summed E-state index contributed by atoms with van der Waals surface area (Å²) in [5.74, 6) is 0.622. The van der Waals surface area contributed by atoms with Gasteiger partial charge in [0.15, 0.2) is 0 Å². The summed E-state index contributed by atoms with van der Waals surface area (Å²) < 4.78 is 0. The van der Waals surface area contributed by atoms with Crippen LogP contribution in [0.3, 0.4) is 0 Å². The third kappa shape index (κ3) is 2.92. The number of nitrogens with one attached hydrogen (secondary N) is 1. The van der Waals surface area contributed by atoms with E-state index in [1.54, 1.807) is 0 Å². The number of rotatable bonds is 3. The van der Waals surface area contributed by atoms with Crippen LogP contribution in [-0.4, -0.2) is 18.0 Å². The quantitative estimate of drug-likeness (QED) is 0.891. The molecule has 0 aliphatic carbocycles. The lowest BCUT2D eigenvalue weighted by Gasteiger charge is -2.47. The maximum absolute atomic E-state index is 11.7. The summed E-state index contributed by atoms with van der Waals surface area (Å²) in [6.45, 7) is 14.1. The fourth-order valence-electron chi connectivity index (χ4n) is 3.61. The second-order valence-electron chi connectivity index (χ2n) is 6.79. The summed E-state index contributed by atoms with van der Waals surface area (Å²) in [5, 5.41) is 3.03. The molecular weight excluding hydrogens is 260 g/mol. The Morgan fingerprint density at radius 3 is 2.62 bits per heavy atom. The number of amides is 1. The Morgan fingerprint density at radius 1 is 1.38 bits per heavy atom. The summed E-state index contributed by atoms with van der Waals surface area (Å²) in [7, 11) is 0. The molecule has 1 aliphatic rings. The summed E-state index contributed by atoms with van der Waals surface area (Å²) in [6.07, 6.45) is 1.67. The predicted molar refractivity (Wildman–Crippen MR) is 90.2 cm³/mol. The van der Waals surface area contributed by atoms with Gasteiger partial charge in [-0.25, -0.2) is 0 Å². The molecule has 0 spiro atoms. The Kier molecular flexibility index (Phi) is 4.31. The van der Waals surface area contributed by atoms with Crippen molar-refractivity contribution in [3.63, 3.8) is 0 Å². The van der Waals surface area contributed by atoms with Crippen LogP contribution in [0.2, 0.25) is 0 Å². The molecule has 1 aromatic rings. The van der Waals surface area contributed by atoms with Crippen molar-refractivity contribution in [1.29, 1.82) is 0 Å². The average molecular weight is 288 g/mol. The summed E-state index contributed by atoms with van der Waals surface area (Å²) in [4.78, 5) is 14.2. The molecule has 2 rings (SSSR count). The van der Waals surface area contributed by atoms with Gasteiger partial charge >= 0.3 is 0 Å². The lowest BCUT2D eigenvalue weighted by atomic mass is 9.79. The summed E-state index contributed by atoms with van der Waals surface area (Å²) in [5.41, 5.74) is 4.94. The lowest BCUT2D eigenvalue weighted by Crippen LogP contribution is -2.48. The zero-order valence-corrected chi connectivity index (χ0v) is 14.2. The second-order valence-corrected chi connectivity index (χ2v) is 6.79. The number of anilines is 2. The van der Waals surface area contributed by atoms with Gasteiger partial charge in [0.25, 0.3) is 0 Å². The Labute approximate surface area is 128 Å². The van der Waals surface area contributed by atoms with E-state index in [2.05, 4.69) is 57.0 Å². The van der Waals surface area contributed by atoms with Crippen molar-refractivity contribution in [1.82, 2.24) is 0 Å². The molecule has 0 bridgehead atoms. The van der Waals surface area contributed by atoms with Crippen molar-refractivity contribution < 1.29 is 4.79 Å². The highest BCUT2D eigenvalue weighted by Crippen LogP contribution is 2.45. The number of hydrogen-bond donors (Lipinski definition) is 1. The van der Waals surface area contributed by atoms with Crippen LogP contribution in [0.15, 0.2) is 12.1 Å². The zero-order valence-electron chi connectivity index (χ0n) is 14.2. The van der Waals surface area contributed by atoms with Crippen LogP contribution in [0, 0.1) is 6.92 Å². The minimum absolute atomic E-state index is 0.0733. The molecule has 21 heavy (non-hydrogen) atoms. The Balaban J connectivity index is 2.51. The number of fused-ring (bicyclic) bond motifs is 1. The standard InChI is InChI=1S/C18H28N2O/c1-7-17(21)19-15-10-16-14(9-12(15)3)13(4)11-18(5,6)20(16)8-2/h9-10,13H,7-8,11H2,1-6H3,(H,19,21). The van der Waals surface area contributed by atoms with Crippen LogP contribution < -0.4 is 10.2 Å². The van der Waals surface area contributed by atoms with Crippen LogP contribution in [-0.2, 0) is 4.79 Å². The van der Waals surface area contributed by atoms with Gasteiger partial charge in [-0.2, -0.15) is 0 Å². The largest absolute Gasteiger partial charge is 0.366 e. The highest BCUT2D eigenvalue weighted by atomic mass is 16.1. The van der Waals surface area contributed by atoms with E-state index in [0.29, 0.717) is 12.3 Å². The highest BCUT2D eigenvalue weighted by Gasteiger charge is 2.35. The molecule has 0 saturated carbocycles. The molecule has 3 nitrogen and oxygen atoms in total. The Bertz CT molecular complexity index is 548. The molecule has 1 aromatic carbocycles. The Hall–Kier alpha value is -1.51. The average Bonchev–Trinajstić information content (AvgIpc) is 2.40. The maximum atomic E-state index is 11.7. The fourth-order valence-corrected chi connectivity index (χ4v) is 3.61. The summed E-state index contributed by atoms with van der Waals surface area (Å²) in [6, 6.07) is 4.42. The number of benzene rings is 1. The molecule has 0 radical (unpaired) electrons. The van der Waals surface area contributed by atoms with Crippen molar-refractivity contribution in [2.45, 2.75) is 65.8 Å². The van der Waals surface area contributed by atoms with Crippen LogP contribution in [0.25, 0.3) is 0 Å². The molecule has 1 aliphatic heterocycles. The van der Waals surface area contributed by atoms with Crippen molar-refractivity contribution in [3.05, 3.63) is 23.3 Å². The maximum Gasteiger partial charge on any atom is 0.224 e. The predicted octanol–water partition coefficient (Wildman–Crippen LogP) is 4.46. The number of hydrogen-bond acceptors (Lipinski definition) is 2.